The van der Waals surface area contributed by atoms with Gasteiger partial charge in [-0.2, -0.15) is 11.8 Å². The van der Waals surface area contributed by atoms with Crippen LogP contribution < -0.4 is 10.6 Å². The molecule has 182 valence electrons. The molecule has 0 aliphatic carbocycles. The normalized spacial score (nSPS) is 13.3. The van der Waals surface area contributed by atoms with Gasteiger partial charge in [-0.25, -0.2) is 0 Å². The lowest BCUT2D eigenvalue weighted by atomic mass is 9.88. The molecule has 0 saturated carbocycles. The Balaban J connectivity index is 2.49. The van der Waals surface area contributed by atoms with E-state index in [-0.39, 0.29) is 19.5 Å². The zero-order valence-electron chi connectivity index (χ0n) is 19.1. The third-order valence-electron chi connectivity index (χ3n) is 4.61. The minimum Gasteiger partial charge on any atom is -0.464 e. The molecule has 0 spiro atoms. The van der Waals surface area contributed by atoms with Crippen LogP contribution in [-0.2, 0) is 26.7 Å². The maximum absolute atomic E-state index is 12.3. The highest BCUT2D eigenvalue weighted by Gasteiger charge is 2.45. The fourth-order valence-electron chi connectivity index (χ4n) is 2.79. The summed E-state index contributed by atoms with van der Waals surface area (Å²) in [5.41, 5.74) is -2.19. The van der Waals surface area contributed by atoms with Crippen LogP contribution in [0, 0.1) is 15.0 Å². The summed E-state index contributed by atoms with van der Waals surface area (Å²) in [6.07, 6.45) is 0.780. The first-order valence-corrected chi connectivity index (χ1v) is 11.3. The molecule has 0 amide bonds. The summed E-state index contributed by atoms with van der Waals surface area (Å²) in [5, 5.41) is 18.7. The highest BCUT2D eigenvalue weighted by molar-refractivity contribution is 7.98. The van der Waals surface area contributed by atoms with E-state index in [1.807, 2.05) is 0 Å². The molecular weight excluding hydrogens is 454 g/mol. The maximum atomic E-state index is 12.3. The lowest BCUT2D eigenvalue weighted by Crippen LogP contribution is -2.47. The summed E-state index contributed by atoms with van der Waals surface area (Å²) in [6.45, 7) is 3.03. The molecule has 1 unspecified atom stereocenters. The summed E-state index contributed by atoms with van der Waals surface area (Å²) in [6, 6.07) is 3.56. The van der Waals surface area contributed by atoms with Crippen molar-refractivity contribution in [1.29, 1.82) is 0 Å². The molecule has 12 nitrogen and oxygen atoms in total. The van der Waals surface area contributed by atoms with E-state index in [0.29, 0.717) is 35.4 Å². The second kappa shape index (κ2) is 13.5. The number of Topliss-reactive ketones (excluding diaryl/α,β-unsaturated/α-hetero) is 3. The molecule has 1 heterocycles. The van der Waals surface area contributed by atoms with E-state index in [2.05, 4.69) is 15.8 Å². The minimum absolute atomic E-state index is 0.0768. The molecule has 2 N–H and O–H groups in total. The van der Waals surface area contributed by atoms with Gasteiger partial charge in [-0.15, -0.1) is 4.91 Å². The number of thioether (sulfide) groups is 1. The zero-order valence-corrected chi connectivity index (χ0v) is 19.9. The number of nitro groups is 1. The van der Waals surface area contributed by atoms with Gasteiger partial charge in [0.2, 0.25) is 17.1 Å². The number of hydrogen-bond donors (Lipinski definition) is 2. The lowest BCUT2D eigenvalue weighted by molar-refractivity contribution is -0.404. The molecule has 0 aromatic carbocycles. The number of hydrogen-bond acceptors (Lipinski definition) is 12. The quantitative estimate of drug-likeness (QED) is 0.0823. The maximum Gasteiger partial charge on any atom is 0.274 e. The number of nitrogens with zero attached hydrogens (tertiary/aromatic N) is 3. The number of furan rings is 1. The highest BCUT2D eigenvalue weighted by Crippen LogP contribution is 2.18. The first-order valence-electron chi connectivity index (χ1n) is 10.1. The van der Waals surface area contributed by atoms with Crippen molar-refractivity contribution in [3.05, 3.63) is 50.7 Å². The second-order valence-electron chi connectivity index (χ2n) is 7.29. The van der Waals surface area contributed by atoms with Crippen molar-refractivity contribution in [2.24, 2.45) is 5.18 Å². The SMILES string of the molecule is CCC(=O)C(C)(N=O)C(=O)C(=O)CN(C)Cc1ccc(CSCCN/C(=C\[N+](=O)[O-])NC)o1. The predicted octanol–water partition coefficient (Wildman–Crippen LogP) is 1.47. The van der Waals surface area contributed by atoms with Gasteiger partial charge >= 0.3 is 0 Å². The van der Waals surface area contributed by atoms with Crippen molar-refractivity contribution < 1.29 is 23.7 Å². The number of nitrogens with one attached hydrogen (secondary N) is 2. The monoisotopic (exact) mass is 483 g/mol. The number of likely N-dealkylation sites (N-methyl/N-ethyl adjacent to an activating group) is 1. The molecule has 0 fully saturated rings. The Morgan fingerprint density at radius 1 is 1.33 bits per heavy atom. The van der Waals surface area contributed by atoms with Gasteiger partial charge in [-0.3, -0.25) is 29.4 Å². The lowest BCUT2D eigenvalue weighted by Gasteiger charge is -2.19. The van der Waals surface area contributed by atoms with E-state index in [0.717, 1.165) is 13.1 Å². The third-order valence-corrected chi connectivity index (χ3v) is 5.59. The van der Waals surface area contributed by atoms with Crippen LogP contribution in [0.4, 0.5) is 0 Å². The van der Waals surface area contributed by atoms with E-state index in [1.165, 1.54) is 6.92 Å². The van der Waals surface area contributed by atoms with Gasteiger partial charge in [0.05, 0.1) is 23.8 Å². The average molecular weight is 484 g/mol. The van der Waals surface area contributed by atoms with E-state index in [9.17, 15) is 29.4 Å². The van der Waals surface area contributed by atoms with Crippen molar-refractivity contribution in [3.8, 4) is 0 Å². The van der Waals surface area contributed by atoms with Crippen LogP contribution in [0.3, 0.4) is 0 Å². The molecule has 0 saturated heterocycles. The fourth-order valence-corrected chi connectivity index (χ4v) is 3.54. The smallest absolute Gasteiger partial charge is 0.274 e. The third kappa shape index (κ3) is 8.77. The number of rotatable bonds is 17. The fraction of sp³-hybridized carbons (Fsp3) is 0.550. The van der Waals surface area contributed by atoms with Gasteiger partial charge in [-0.05, 0) is 31.3 Å². The Morgan fingerprint density at radius 3 is 2.58 bits per heavy atom. The molecule has 0 aliphatic heterocycles. The van der Waals surface area contributed by atoms with Crippen LogP contribution in [0.2, 0.25) is 0 Å². The summed E-state index contributed by atoms with van der Waals surface area (Å²) in [5.74, 6) is 0.199. The second-order valence-corrected chi connectivity index (χ2v) is 8.40. The Kier molecular flexibility index (Phi) is 11.4. The predicted molar refractivity (Wildman–Crippen MR) is 123 cm³/mol. The molecule has 1 aromatic rings. The van der Waals surface area contributed by atoms with Crippen molar-refractivity contribution >= 4 is 29.1 Å². The van der Waals surface area contributed by atoms with Gasteiger partial charge < -0.3 is 15.1 Å². The van der Waals surface area contributed by atoms with Gasteiger partial charge in [-0.1, -0.05) is 6.92 Å². The summed E-state index contributed by atoms with van der Waals surface area (Å²) in [7, 11) is 3.20. The Hall–Kier alpha value is -3.06. The molecule has 1 atom stereocenters. The topological polar surface area (TPSA) is 164 Å². The zero-order chi connectivity index (χ0) is 25.0. The first-order chi connectivity index (χ1) is 15.6. The number of carbonyl (C=O) groups excluding carboxylic acids is 3. The molecular formula is C20H29N5O7S. The first kappa shape index (κ1) is 28.0. The largest absolute Gasteiger partial charge is 0.464 e. The van der Waals surface area contributed by atoms with E-state index >= 15 is 0 Å². The average Bonchev–Trinajstić information content (AvgIpc) is 3.22. The minimum atomic E-state index is -2.19. The van der Waals surface area contributed by atoms with Crippen molar-refractivity contribution in [1.82, 2.24) is 15.5 Å². The van der Waals surface area contributed by atoms with Crippen LogP contribution in [0.25, 0.3) is 0 Å². The Morgan fingerprint density at radius 2 is 2.00 bits per heavy atom. The Labute approximate surface area is 195 Å². The van der Waals surface area contributed by atoms with Gasteiger partial charge in [0, 0.05) is 25.8 Å². The van der Waals surface area contributed by atoms with Crippen molar-refractivity contribution in [3.63, 3.8) is 0 Å². The van der Waals surface area contributed by atoms with E-state index < -0.39 is 27.8 Å². The van der Waals surface area contributed by atoms with Crippen LogP contribution >= 0.6 is 11.8 Å². The van der Waals surface area contributed by atoms with Crippen molar-refractivity contribution in [2.75, 3.05) is 32.9 Å². The molecule has 33 heavy (non-hydrogen) atoms. The number of nitroso groups, excluding NO2 is 1. The van der Waals surface area contributed by atoms with E-state index in [1.54, 1.807) is 42.9 Å². The standard InChI is InChI=1S/C20H29N5O7S/c1-5-17(27)20(2,23-29)19(28)16(26)11-24(4)10-14-6-7-15(32-14)13-33-9-8-22-18(21-3)12-25(30)31/h6-7,12,21-22H,5,8-11,13H2,1-4H3/b18-12-. The number of ketones is 3. The van der Waals surface area contributed by atoms with Crippen LogP contribution in [-0.4, -0.2) is 65.6 Å². The van der Waals surface area contributed by atoms with Crippen molar-refractivity contribution in [2.45, 2.75) is 38.1 Å². The van der Waals surface area contributed by atoms with E-state index in [4.69, 9.17) is 4.42 Å². The molecule has 0 radical (unpaired) electrons. The van der Waals surface area contributed by atoms with Gasteiger partial charge in [0.25, 0.3) is 6.20 Å². The molecule has 1 rings (SSSR count). The van der Waals surface area contributed by atoms with Crippen LogP contribution in [0.1, 0.15) is 31.8 Å². The molecule has 0 bridgehead atoms. The van der Waals surface area contributed by atoms with Gasteiger partial charge in [0.1, 0.15) is 11.5 Å². The molecule has 1 aromatic heterocycles. The molecule has 13 heteroatoms. The number of carbonyl (C=O) groups is 3. The van der Waals surface area contributed by atoms with Gasteiger partial charge in [0.15, 0.2) is 11.6 Å². The Bertz CT molecular complexity index is 901. The molecule has 0 aliphatic rings. The van der Waals surface area contributed by atoms with Crippen LogP contribution in [0.15, 0.2) is 33.7 Å². The highest BCUT2D eigenvalue weighted by atomic mass is 32.2. The summed E-state index contributed by atoms with van der Waals surface area (Å²) in [4.78, 5) is 59.0. The van der Waals surface area contributed by atoms with Crippen LogP contribution in [0.5, 0.6) is 0 Å². The summed E-state index contributed by atoms with van der Waals surface area (Å²) < 4.78 is 5.73. The summed E-state index contributed by atoms with van der Waals surface area (Å²) >= 11 is 1.57.